The number of ether oxygens (including phenoxy) is 1. The van der Waals surface area contributed by atoms with Crippen LogP contribution in [-0.2, 0) is 0 Å². The largest absolute Gasteiger partial charge is 0.424 e. The Bertz CT molecular complexity index is 1120. The highest BCUT2D eigenvalue weighted by atomic mass is 19.1. The van der Waals surface area contributed by atoms with Crippen LogP contribution in [0.1, 0.15) is 18.5 Å². The Balaban J connectivity index is 1.31. The first-order valence-electron chi connectivity index (χ1n) is 10.5. The number of benzene rings is 1. The van der Waals surface area contributed by atoms with Gasteiger partial charge in [0.05, 0.1) is 0 Å². The van der Waals surface area contributed by atoms with Gasteiger partial charge in [0.25, 0.3) is 0 Å². The Kier molecular flexibility index (Phi) is 5.20. The summed E-state index contributed by atoms with van der Waals surface area (Å²) in [6, 6.07) is 5.26. The van der Waals surface area contributed by atoms with Crippen molar-refractivity contribution in [3.63, 3.8) is 0 Å². The van der Waals surface area contributed by atoms with Crippen molar-refractivity contribution in [1.82, 2.24) is 24.7 Å². The fraction of sp³-hybridized carbons (Fsp3) is 0.364. The molecule has 2 fully saturated rings. The van der Waals surface area contributed by atoms with Crippen LogP contribution in [0.3, 0.4) is 0 Å². The topological polar surface area (TPSA) is 81.0 Å². The molecule has 0 radical (unpaired) electrons. The van der Waals surface area contributed by atoms with Gasteiger partial charge < -0.3 is 15.0 Å². The molecule has 3 heterocycles. The minimum absolute atomic E-state index is 0.00179. The molecule has 2 aromatic heterocycles. The molecule has 1 N–H and O–H groups in total. The van der Waals surface area contributed by atoms with Gasteiger partial charge in [-0.15, -0.1) is 5.10 Å². The zero-order valence-corrected chi connectivity index (χ0v) is 17.6. The van der Waals surface area contributed by atoms with E-state index in [4.69, 9.17) is 4.74 Å². The number of hydrogen-bond acceptors (Lipinski definition) is 7. The van der Waals surface area contributed by atoms with E-state index in [0.29, 0.717) is 17.8 Å². The molecule has 3 aromatic rings. The molecular formula is C22H23F2N7O. The highest BCUT2D eigenvalue weighted by Crippen LogP contribution is 2.39. The van der Waals surface area contributed by atoms with Crippen LogP contribution >= 0.6 is 0 Å². The van der Waals surface area contributed by atoms with Gasteiger partial charge >= 0.3 is 6.01 Å². The predicted molar refractivity (Wildman–Crippen MR) is 115 cm³/mol. The zero-order chi connectivity index (χ0) is 22.2. The highest BCUT2D eigenvalue weighted by Gasteiger charge is 2.43. The minimum atomic E-state index is -0.731. The van der Waals surface area contributed by atoms with Crippen LogP contribution in [0.5, 0.6) is 11.8 Å². The van der Waals surface area contributed by atoms with Crippen LogP contribution in [0.2, 0.25) is 0 Å². The number of halogens is 2. The lowest BCUT2D eigenvalue weighted by Crippen LogP contribution is -2.48. The Morgan fingerprint density at radius 1 is 1.09 bits per heavy atom. The van der Waals surface area contributed by atoms with E-state index in [1.165, 1.54) is 10.9 Å². The normalized spacial score (nSPS) is 22.1. The van der Waals surface area contributed by atoms with E-state index in [1.54, 1.807) is 6.33 Å². The quantitative estimate of drug-likeness (QED) is 0.624. The summed E-state index contributed by atoms with van der Waals surface area (Å²) >= 11 is 0. The highest BCUT2D eigenvalue weighted by molar-refractivity contribution is 5.42. The predicted octanol–water partition coefficient (Wildman–Crippen LogP) is 3.87. The summed E-state index contributed by atoms with van der Waals surface area (Å²) in [4.78, 5) is 15.3. The first kappa shape index (κ1) is 20.3. The summed E-state index contributed by atoms with van der Waals surface area (Å²) in [5.41, 5.74) is 0.951. The molecule has 10 heteroatoms. The number of aryl methyl sites for hydroxylation is 1. The SMILES string of the molecule is C=Cn1nc(N[C@@H]2[C@@H]3CC[C@H]2CN(c2cc(C)ncn2)C3)nc1Oc1cc(F)cc(F)c1. The lowest BCUT2D eigenvalue weighted by atomic mass is 9.92. The van der Waals surface area contributed by atoms with Crippen molar-refractivity contribution >= 4 is 18.0 Å². The maximum Gasteiger partial charge on any atom is 0.326 e. The number of hydrogen-bond donors (Lipinski definition) is 1. The van der Waals surface area contributed by atoms with Crippen molar-refractivity contribution in [3.8, 4) is 11.8 Å². The lowest BCUT2D eigenvalue weighted by molar-refractivity contribution is 0.374. The van der Waals surface area contributed by atoms with Gasteiger partial charge in [0.15, 0.2) is 0 Å². The van der Waals surface area contributed by atoms with Crippen molar-refractivity contribution in [3.05, 3.63) is 54.5 Å². The maximum atomic E-state index is 13.5. The third kappa shape index (κ3) is 4.00. The van der Waals surface area contributed by atoms with Crippen molar-refractivity contribution in [2.24, 2.45) is 11.8 Å². The molecule has 1 aliphatic carbocycles. The average molecular weight is 439 g/mol. The summed E-state index contributed by atoms with van der Waals surface area (Å²) in [5, 5.41) is 7.83. The van der Waals surface area contributed by atoms with Crippen LogP contribution in [-0.4, -0.2) is 43.9 Å². The van der Waals surface area contributed by atoms with Crippen LogP contribution in [0, 0.1) is 30.4 Å². The summed E-state index contributed by atoms with van der Waals surface area (Å²) in [7, 11) is 0. The average Bonchev–Trinajstić information content (AvgIpc) is 3.22. The number of aromatic nitrogens is 5. The smallest absolute Gasteiger partial charge is 0.326 e. The van der Waals surface area contributed by atoms with Gasteiger partial charge in [-0.3, -0.25) is 0 Å². The lowest BCUT2D eigenvalue weighted by Gasteiger charge is -2.38. The molecule has 166 valence electrons. The second kappa shape index (κ2) is 8.18. The molecule has 3 atom stereocenters. The summed E-state index contributed by atoms with van der Waals surface area (Å²) in [6.45, 7) is 7.45. The van der Waals surface area contributed by atoms with Gasteiger partial charge in [-0.2, -0.15) is 9.67 Å². The third-order valence-corrected chi connectivity index (χ3v) is 6.06. The van der Waals surface area contributed by atoms with E-state index in [9.17, 15) is 8.78 Å². The zero-order valence-electron chi connectivity index (χ0n) is 17.6. The minimum Gasteiger partial charge on any atom is -0.424 e. The summed E-state index contributed by atoms with van der Waals surface area (Å²) in [6.07, 6.45) is 5.25. The number of nitrogens with one attached hydrogen (secondary N) is 1. The standard InChI is InChI=1S/C22H23F2N7O/c1-3-31-22(32-18-8-16(23)7-17(24)9-18)28-21(29-31)27-20-14-4-5-15(20)11-30(10-14)19-6-13(2)25-12-26-19/h3,6-9,12,14-15,20H,1,4-5,10-11H2,2H3,(H,27,29)/t14-,15+,20-. The Hall–Kier alpha value is -3.56. The molecule has 8 nitrogen and oxygen atoms in total. The Morgan fingerprint density at radius 2 is 1.81 bits per heavy atom. The van der Waals surface area contributed by atoms with E-state index in [0.717, 1.165) is 55.6 Å². The van der Waals surface area contributed by atoms with Crippen LogP contribution in [0.4, 0.5) is 20.5 Å². The van der Waals surface area contributed by atoms with Crippen molar-refractivity contribution < 1.29 is 13.5 Å². The molecule has 32 heavy (non-hydrogen) atoms. The number of fused-ring (bicyclic) bond motifs is 2. The van der Waals surface area contributed by atoms with Crippen LogP contribution in [0.25, 0.3) is 6.20 Å². The Morgan fingerprint density at radius 3 is 2.47 bits per heavy atom. The van der Waals surface area contributed by atoms with Crippen molar-refractivity contribution in [2.45, 2.75) is 25.8 Å². The van der Waals surface area contributed by atoms with Gasteiger partial charge in [-0.05, 0) is 31.6 Å². The van der Waals surface area contributed by atoms with Gasteiger partial charge in [0.2, 0.25) is 5.95 Å². The monoisotopic (exact) mass is 439 g/mol. The van der Waals surface area contributed by atoms with Gasteiger partial charge in [-0.1, -0.05) is 6.58 Å². The number of anilines is 2. The first-order chi connectivity index (χ1) is 15.5. The number of rotatable bonds is 6. The number of piperidine rings is 1. The molecule has 1 saturated heterocycles. The summed E-state index contributed by atoms with van der Waals surface area (Å²) < 4.78 is 33.9. The fourth-order valence-electron chi connectivity index (χ4n) is 4.66. The molecule has 1 aromatic carbocycles. The summed E-state index contributed by atoms with van der Waals surface area (Å²) in [5.74, 6) is 0.723. The van der Waals surface area contributed by atoms with E-state index < -0.39 is 11.6 Å². The second-order valence-corrected chi connectivity index (χ2v) is 8.24. The molecule has 1 aliphatic heterocycles. The molecule has 2 aliphatic rings. The van der Waals surface area contributed by atoms with Gasteiger partial charge in [0.1, 0.15) is 29.5 Å². The molecular weight excluding hydrogens is 416 g/mol. The van der Waals surface area contributed by atoms with Crippen LogP contribution < -0.4 is 15.0 Å². The van der Waals surface area contributed by atoms with E-state index in [2.05, 4.69) is 36.8 Å². The molecule has 1 saturated carbocycles. The molecule has 0 spiro atoms. The van der Waals surface area contributed by atoms with Gasteiger partial charge in [0, 0.05) is 55.3 Å². The molecule has 2 bridgehead atoms. The van der Waals surface area contributed by atoms with E-state index >= 15 is 0 Å². The van der Waals surface area contributed by atoms with Crippen LogP contribution in [0.15, 0.2) is 37.2 Å². The third-order valence-electron chi connectivity index (χ3n) is 6.06. The van der Waals surface area contributed by atoms with E-state index in [-0.39, 0.29) is 17.8 Å². The van der Waals surface area contributed by atoms with Gasteiger partial charge in [-0.25, -0.2) is 18.7 Å². The first-order valence-corrected chi connectivity index (χ1v) is 10.5. The number of nitrogens with zero attached hydrogens (tertiary/aromatic N) is 6. The van der Waals surface area contributed by atoms with E-state index in [1.807, 2.05) is 13.0 Å². The Labute approximate surface area is 184 Å². The molecule has 5 rings (SSSR count). The maximum absolute atomic E-state index is 13.5. The fourth-order valence-corrected chi connectivity index (χ4v) is 4.66. The van der Waals surface area contributed by atoms with Crippen molar-refractivity contribution in [1.29, 1.82) is 0 Å². The van der Waals surface area contributed by atoms with Crippen molar-refractivity contribution in [2.75, 3.05) is 23.3 Å². The molecule has 0 amide bonds. The second-order valence-electron chi connectivity index (χ2n) is 8.24. The molecule has 0 unspecified atom stereocenters.